The highest BCUT2D eigenvalue weighted by Crippen LogP contribution is 2.29. The maximum atomic E-state index is 12.4. The van der Waals surface area contributed by atoms with Crippen LogP contribution in [0.1, 0.15) is 43.7 Å². The lowest BCUT2D eigenvalue weighted by Gasteiger charge is -2.11. The van der Waals surface area contributed by atoms with Gasteiger partial charge in [0.1, 0.15) is 11.6 Å². The molecule has 0 aliphatic carbocycles. The Morgan fingerprint density at radius 3 is 2.60 bits per heavy atom. The van der Waals surface area contributed by atoms with E-state index in [4.69, 9.17) is 9.47 Å². The smallest absolute Gasteiger partial charge is 0.261 e. The molecular formula is C25H30N2O3. The van der Waals surface area contributed by atoms with E-state index in [2.05, 4.69) is 12.2 Å². The monoisotopic (exact) mass is 406 g/mol. The van der Waals surface area contributed by atoms with Crippen LogP contribution in [0.4, 0.5) is 0 Å². The highest BCUT2D eigenvalue weighted by molar-refractivity contribution is 6.01. The van der Waals surface area contributed by atoms with E-state index < -0.39 is 0 Å². The summed E-state index contributed by atoms with van der Waals surface area (Å²) in [5, 5.41) is 12.2. The summed E-state index contributed by atoms with van der Waals surface area (Å²) in [4.78, 5) is 12.4. The number of nitrogens with zero attached hydrogens (tertiary/aromatic N) is 1. The van der Waals surface area contributed by atoms with Gasteiger partial charge in [-0.05, 0) is 42.2 Å². The molecule has 2 aromatic carbocycles. The summed E-state index contributed by atoms with van der Waals surface area (Å²) in [5.74, 6) is 0.863. The van der Waals surface area contributed by atoms with Crippen molar-refractivity contribution in [2.45, 2.75) is 39.0 Å². The van der Waals surface area contributed by atoms with Crippen LogP contribution in [0.2, 0.25) is 0 Å². The Morgan fingerprint density at radius 1 is 1.10 bits per heavy atom. The number of methoxy groups -OCH3 is 1. The van der Waals surface area contributed by atoms with Gasteiger partial charge in [0.25, 0.3) is 5.91 Å². The van der Waals surface area contributed by atoms with Gasteiger partial charge in [0.15, 0.2) is 11.5 Å². The summed E-state index contributed by atoms with van der Waals surface area (Å²) < 4.78 is 11.2. The fourth-order valence-electron chi connectivity index (χ4n) is 2.98. The van der Waals surface area contributed by atoms with Crippen LogP contribution in [0, 0.1) is 11.3 Å². The van der Waals surface area contributed by atoms with E-state index in [1.807, 2.05) is 48.5 Å². The standard InChI is InChI=1S/C25H30N2O3/c1-3-4-5-9-16-30-23-13-12-21(18-24(23)29-2)17-22(19-26)25(28)27-15-14-20-10-7-6-8-11-20/h6-8,10-13,17-18H,3-5,9,14-16H2,1-2H3,(H,27,28)/b22-17+. The molecule has 0 spiro atoms. The van der Waals surface area contributed by atoms with Crippen molar-refractivity contribution in [2.24, 2.45) is 0 Å². The Bertz CT molecular complexity index is 870. The van der Waals surface area contributed by atoms with Gasteiger partial charge in [-0.3, -0.25) is 4.79 Å². The maximum absolute atomic E-state index is 12.4. The molecule has 0 radical (unpaired) electrons. The Balaban J connectivity index is 1.96. The number of rotatable bonds is 12. The van der Waals surface area contributed by atoms with Gasteiger partial charge in [-0.15, -0.1) is 0 Å². The zero-order chi connectivity index (χ0) is 21.6. The molecule has 0 heterocycles. The lowest BCUT2D eigenvalue weighted by molar-refractivity contribution is -0.117. The van der Waals surface area contributed by atoms with E-state index in [1.165, 1.54) is 12.8 Å². The molecule has 0 saturated carbocycles. The minimum absolute atomic E-state index is 0.0540. The molecule has 0 aliphatic rings. The van der Waals surface area contributed by atoms with Crippen molar-refractivity contribution in [3.05, 3.63) is 65.2 Å². The normalized spacial score (nSPS) is 10.9. The van der Waals surface area contributed by atoms with Gasteiger partial charge < -0.3 is 14.8 Å². The van der Waals surface area contributed by atoms with Gasteiger partial charge in [0.05, 0.1) is 13.7 Å². The van der Waals surface area contributed by atoms with Gasteiger partial charge in [-0.2, -0.15) is 5.26 Å². The Morgan fingerprint density at radius 2 is 1.90 bits per heavy atom. The fourth-order valence-corrected chi connectivity index (χ4v) is 2.98. The molecule has 0 unspecified atom stereocenters. The summed E-state index contributed by atoms with van der Waals surface area (Å²) >= 11 is 0. The van der Waals surface area contributed by atoms with Crippen molar-refractivity contribution >= 4 is 12.0 Å². The van der Waals surface area contributed by atoms with Crippen LogP contribution in [0.25, 0.3) is 6.08 Å². The second-order valence-electron chi connectivity index (χ2n) is 6.98. The van der Waals surface area contributed by atoms with Gasteiger partial charge in [0.2, 0.25) is 0 Å². The van der Waals surface area contributed by atoms with Crippen LogP contribution in [0.5, 0.6) is 11.5 Å². The van der Waals surface area contributed by atoms with Crippen molar-refractivity contribution in [3.8, 4) is 17.6 Å². The number of hydrogen-bond donors (Lipinski definition) is 1. The lowest BCUT2D eigenvalue weighted by Crippen LogP contribution is -2.26. The number of carbonyl (C=O) groups excluding carboxylic acids is 1. The third kappa shape index (κ3) is 7.63. The average molecular weight is 407 g/mol. The number of carbonyl (C=O) groups is 1. The Labute approximate surface area is 179 Å². The first-order chi connectivity index (χ1) is 14.7. The molecule has 5 nitrogen and oxygen atoms in total. The van der Waals surface area contributed by atoms with Gasteiger partial charge in [-0.1, -0.05) is 62.6 Å². The minimum Gasteiger partial charge on any atom is -0.493 e. The molecule has 30 heavy (non-hydrogen) atoms. The zero-order valence-electron chi connectivity index (χ0n) is 17.8. The molecule has 2 aromatic rings. The third-order valence-electron chi connectivity index (χ3n) is 4.66. The third-order valence-corrected chi connectivity index (χ3v) is 4.66. The molecule has 158 valence electrons. The highest BCUT2D eigenvalue weighted by Gasteiger charge is 2.10. The summed E-state index contributed by atoms with van der Waals surface area (Å²) in [7, 11) is 1.58. The quantitative estimate of drug-likeness (QED) is 0.308. The van der Waals surface area contributed by atoms with Crippen molar-refractivity contribution in [1.29, 1.82) is 5.26 Å². The van der Waals surface area contributed by atoms with Crippen molar-refractivity contribution < 1.29 is 14.3 Å². The second kappa shape index (κ2) is 13.1. The fraction of sp³-hybridized carbons (Fsp3) is 0.360. The first-order valence-corrected chi connectivity index (χ1v) is 10.4. The number of nitriles is 1. The molecule has 1 N–H and O–H groups in total. The Kier molecular flexibility index (Phi) is 10.0. The van der Waals surface area contributed by atoms with E-state index in [0.717, 1.165) is 18.4 Å². The average Bonchev–Trinajstić information content (AvgIpc) is 2.78. The first-order valence-electron chi connectivity index (χ1n) is 10.4. The first kappa shape index (κ1) is 23.0. The lowest BCUT2D eigenvalue weighted by atomic mass is 10.1. The topological polar surface area (TPSA) is 71.3 Å². The highest BCUT2D eigenvalue weighted by atomic mass is 16.5. The summed E-state index contributed by atoms with van der Waals surface area (Å²) in [5.41, 5.74) is 1.90. The molecule has 5 heteroatoms. The number of benzene rings is 2. The summed E-state index contributed by atoms with van der Waals surface area (Å²) in [6.07, 6.45) is 6.81. The van der Waals surface area contributed by atoms with E-state index in [9.17, 15) is 10.1 Å². The van der Waals surface area contributed by atoms with Crippen LogP contribution in [-0.2, 0) is 11.2 Å². The molecular weight excluding hydrogens is 376 g/mol. The van der Waals surface area contributed by atoms with Crippen LogP contribution < -0.4 is 14.8 Å². The minimum atomic E-state index is -0.386. The second-order valence-corrected chi connectivity index (χ2v) is 6.98. The van der Waals surface area contributed by atoms with Crippen LogP contribution in [0.3, 0.4) is 0 Å². The van der Waals surface area contributed by atoms with E-state index in [-0.39, 0.29) is 11.5 Å². The van der Waals surface area contributed by atoms with E-state index in [1.54, 1.807) is 19.3 Å². The summed E-state index contributed by atoms with van der Waals surface area (Å²) in [6.45, 7) is 3.28. The van der Waals surface area contributed by atoms with Crippen LogP contribution in [0.15, 0.2) is 54.1 Å². The molecule has 1 amide bonds. The molecule has 2 rings (SSSR count). The number of unbranched alkanes of at least 4 members (excludes halogenated alkanes) is 3. The SMILES string of the molecule is CCCCCCOc1ccc(/C=C(\C#N)C(=O)NCCc2ccccc2)cc1OC. The number of amides is 1. The van der Waals surface area contributed by atoms with Crippen LogP contribution >= 0.6 is 0 Å². The number of ether oxygens (including phenoxy) is 2. The van der Waals surface area contributed by atoms with E-state index >= 15 is 0 Å². The number of hydrogen-bond acceptors (Lipinski definition) is 4. The predicted octanol–water partition coefficient (Wildman–Crippen LogP) is 4.92. The van der Waals surface area contributed by atoms with Crippen molar-refractivity contribution in [2.75, 3.05) is 20.3 Å². The maximum Gasteiger partial charge on any atom is 0.261 e. The summed E-state index contributed by atoms with van der Waals surface area (Å²) in [6, 6.07) is 17.3. The van der Waals surface area contributed by atoms with Gasteiger partial charge in [-0.25, -0.2) is 0 Å². The van der Waals surface area contributed by atoms with Crippen molar-refractivity contribution in [1.82, 2.24) is 5.32 Å². The molecule has 0 saturated heterocycles. The number of nitrogens with one attached hydrogen (secondary N) is 1. The zero-order valence-corrected chi connectivity index (χ0v) is 17.8. The largest absolute Gasteiger partial charge is 0.493 e. The molecule has 0 bridgehead atoms. The van der Waals surface area contributed by atoms with Gasteiger partial charge in [0, 0.05) is 6.54 Å². The predicted molar refractivity (Wildman–Crippen MR) is 119 cm³/mol. The van der Waals surface area contributed by atoms with E-state index in [0.29, 0.717) is 36.6 Å². The Hall–Kier alpha value is -3.26. The molecule has 0 atom stereocenters. The van der Waals surface area contributed by atoms with Crippen molar-refractivity contribution in [3.63, 3.8) is 0 Å². The molecule has 0 aromatic heterocycles. The molecule has 0 aliphatic heterocycles. The molecule has 0 fully saturated rings. The van der Waals surface area contributed by atoms with Crippen LogP contribution in [-0.4, -0.2) is 26.2 Å². The van der Waals surface area contributed by atoms with Gasteiger partial charge >= 0.3 is 0 Å².